The molecule has 120 valence electrons. The molecule has 0 aromatic heterocycles. The minimum absolute atomic E-state index is 0.309. The van der Waals surface area contributed by atoms with Gasteiger partial charge in [-0.3, -0.25) is 9.89 Å². The highest BCUT2D eigenvalue weighted by atomic mass is 16.6. The van der Waals surface area contributed by atoms with Crippen LogP contribution in [0.1, 0.15) is 46.5 Å². The second-order valence-electron chi connectivity index (χ2n) is 7.02. The number of aliphatic imine (C=N–C) groups is 1. The Morgan fingerprint density at radius 2 is 2.10 bits per heavy atom. The zero-order valence-electron chi connectivity index (χ0n) is 13.3. The van der Waals surface area contributed by atoms with Crippen molar-refractivity contribution in [2.24, 2.45) is 4.99 Å². The fourth-order valence-corrected chi connectivity index (χ4v) is 2.69. The summed E-state index contributed by atoms with van der Waals surface area (Å²) in [5.41, 5.74) is -1.10. The Labute approximate surface area is 126 Å². The molecule has 2 aliphatic rings. The maximum atomic E-state index is 12.1. The van der Waals surface area contributed by atoms with Gasteiger partial charge >= 0.3 is 6.09 Å². The first-order valence-electron chi connectivity index (χ1n) is 7.75. The quantitative estimate of drug-likeness (QED) is 0.810. The molecule has 0 aromatic carbocycles. The average molecular weight is 297 g/mol. The number of carbonyl (C=O) groups is 1. The predicted molar refractivity (Wildman–Crippen MR) is 81.5 cm³/mol. The lowest BCUT2D eigenvalue weighted by Gasteiger charge is -2.31. The molecule has 1 aliphatic carbocycles. The first-order valence-corrected chi connectivity index (χ1v) is 7.75. The van der Waals surface area contributed by atoms with Crippen LogP contribution in [0, 0.1) is 0 Å². The Bertz CT molecular complexity index is 409. The van der Waals surface area contributed by atoms with Gasteiger partial charge in [0.15, 0.2) is 0 Å². The number of carbonyl (C=O) groups excluding carboxylic acids is 1. The van der Waals surface area contributed by atoms with Crippen molar-refractivity contribution in [1.29, 1.82) is 0 Å². The molecule has 2 N–H and O–H groups in total. The van der Waals surface area contributed by atoms with Crippen molar-refractivity contribution in [1.82, 2.24) is 10.2 Å². The van der Waals surface area contributed by atoms with E-state index in [1.54, 1.807) is 4.90 Å². The van der Waals surface area contributed by atoms with Crippen LogP contribution in [0.2, 0.25) is 0 Å². The number of amidine groups is 1. The fraction of sp³-hybridized carbons (Fsp3) is 0.867. The number of nitrogens with one attached hydrogen (secondary N) is 1. The van der Waals surface area contributed by atoms with Crippen LogP contribution in [0.25, 0.3) is 0 Å². The average Bonchev–Trinajstić information content (AvgIpc) is 2.82. The summed E-state index contributed by atoms with van der Waals surface area (Å²) in [4.78, 5) is 18.1. The SMILES string of the molecule is CC(C)(C)OC(=O)N1CCN=C(NCC2(O)CCCC2)C1. The molecule has 1 amide bonds. The summed E-state index contributed by atoms with van der Waals surface area (Å²) in [5, 5.41) is 13.5. The first-order chi connectivity index (χ1) is 9.77. The molecule has 21 heavy (non-hydrogen) atoms. The molecule has 6 heteroatoms. The third kappa shape index (κ3) is 4.88. The van der Waals surface area contributed by atoms with Crippen molar-refractivity contribution in [2.45, 2.75) is 57.7 Å². The zero-order valence-corrected chi connectivity index (χ0v) is 13.3. The second-order valence-corrected chi connectivity index (χ2v) is 7.02. The van der Waals surface area contributed by atoms with Crippen LogP contribution in [0.15, 0.2) is 4.99 Å². The molecular formula is C15H27N3O3. The van der Waals surface area contributed by atoms with E-state index in [0.29, 0.717) is 26.2 Å². The van der Waals surface area contributed by atoms with Crippen LogP contribution >= 0.6 is 0 Å². The van der Waals surface area contributed by atoms with Gasteiger partial charge in [-0.2, -0.15) is 0 Å². The van der Waals surface area contributed by atoms with Gasteiger partial charge in [0.05, 0.1) is 18.7 Å². The highest BCUT2D eigenvalue weighted by Gasteiger charge is 2.32. The molecule has 0 spiro atoms. The minimum atomic E-state index is -0.614. The van der Waals surface area contributed by atoms with Gasteiger partial charge in [0, 0.05) is 13.1 Å². The van der Waals surface area contributed by atoms with E-state index in [9.17, 15) is 9.90 Å². The Morgan fingerprint density at radius 1 is 1.43 bits per heavy atom. The van der Waals surface area contributed by atoms with Crippen LogP contribution in [0.5, 0.6) is 0 Å². The van der Waals surface area contributed by atoms with E-state index in [2.05, 4.69) is 10.3 Å². The van der Waals surface area contributed by atoms with Gasteiger partial charge in [-0.05, 0) is 33.6 Å². The number of rotatable bonds is 2. The maximum Gasteiger partial charge on any atom is 0.410 e. The molecule has 2 rings (SSSR count). The highest BCUT2D eigenvalue weighted by molar-refractivity contribution is 5.87. The van der Waals surface area contributed by atoms with Gasteiger partial charge in [0.2, 0.25) is 0 Å². The predicted octanol–water partition coefficient (Wildman–Crippen LogP) is 1.53. The number of amides is 1. The molecule has 0 aromatic rings. The Hall–Kier alpha value is -1.30. The van der Waals surface area contributed by atoms with E-state index in [1.165, 1.54) is 0 Å². The van der Waals surface area contributed by atoms with E-state index in [4.69, 9.17) is 4.74 Å². The van der Waals surface area contributed by atoms with Crippen LogP contribution in [-0.2, 0) is 4.74 Å². The minimum Gasteiger partial charge on any atom is -0.444 e. The van der Waals surface area contributed by atoms with Gasteiger partial charge in [-0.1, -0.05) is 12.8 Å². The van der Waals surface area contributed by atoms with E-state index in [0.717, 1.165) is 31.5 Å². The molecule has 0 unspecified atom stereocenters. The number of hydrogen-bond acceptors (Lipinski definition) is 5. The highest BCUT2D eigenvalue weighted by Crippen LogP contribution is 2.28. The summed E-state index contributed by atoms with van der Waals surface area (Å²) in [6, 6.07) is 0. The van der Waals surface area contributed by atoms with Crippen LogP contribution in [-0.4, -0.2) is 59.3 Å². The van der Waals surface area contributed by atoms with E-state index < -0.39 is 11.2 Å². The van der Waals surface area contributed by atoms with E-state index >= 15 is 0 Å². The van der Waals surface area contributed by atoms with Gasteiger partial charge in [-0.25, -0.2) is 4.79 Å². The zero-order chi connectivity index (χ0) is 15.5. The van der Waals surface area contributed by atoms with Gasteiger partial charge in [-0.15, -0.1) is 0 Å². The third-order valence-corrected chi connectivity index (χ3v) is 3.82. The molecule has 1 saturated carbocycles. The smallest absolute Gasteiger partial charge is 0.410 e. The van der Waals surface area contributed by atoms with Crippen molar-refractivity contribution < 1.29 is 14.6 Å². The van der Waals surface area contributed by atoms with Crippen LogP contribution in [0.3, 0.4) is 0 Å². The maximum absolute atomic E-state index is 12.1. The Kier molecular flexibility index (Phi) is 4.76. The summed E-state index contributed by atoms with van der Waals surface area (Å²) in [6.45, 7) is 7.65. The monoisotopic (exact) mass is 297 g/mol. The lowest BCUT2D eigenvalue weighted by Crippen LogP contribution is -2.50. The van der Waals surface area contributed by atoms with Crippen LogP contribution < -0.4 is 5.32 Å². The molecule has 0 radical (unpaired) electrons. The molecule has 0 atom stereocenters. The van der Waals surface area contributed by atoms with Crippen molar-refractivity contribution in [2.75, 3.05) is 26.2 Å². The fourth-order valence-electron chi connectivity index (χ4n) is 2.69. The lowest BCUT2D eigenvalue weighted by molar-refractivity contribution is 0.0274. The largest absolute Gasteiger partial charge is 0.444 e. The van der Waals surface area contributed by atoms with Crippen LogP contribution in [0.4, 0.5) is 4.79 Å². The van der Waals surface area contributed by atoms with Crippen molar-refractivity contribution in [3.8, 4) is 0 Å². The third-order valence-electron chi connectivity index (χ3n) is 3.82. The number of ether oxygens (including phenoxy) is 1. The van der Waals surface area contributed by atoms with E-state index in [-0.39, 0.29) is 6.09 Å². The second kappa shape index (κ2) is 6.22. The summed E-state index contributed by atoms with van der Waals surface area (Å²) in [7, 11) is 0. The standard InChI is InChI=1S/C15H27N3O3/c1-14(2,3)21-13(19)18-9-8-16-12(10-18)17-11-15(20)6-4-5-7-15/h20H,4-11H2,1-3H3,(H,16,17). The molecular weight excluding hydrogens is 270 g/mol. The Morgan fingerprint density at radius 3 is 2.71 bits per heavy atom. The number of hydrogen-bond donors (Lipinski definition) is 2. The van der Waals surface area contributed by atoms with Gasteiger partial charge in [0.25, 0.3) is 0 Å². The van der Waals surface area contributed by atoms with Gasteiger partial charge < -0.3 is 15.2 Å². The number of nitrogens with zero attached hydrogens (tertiary/aromatic N) is 2. The summed E-state index contributed by atoms with van der Waals surface area (Å²) in [5.74, 6) is 0.757. The molecule has 1 heterocycles. The lowest BCUT2D eigenvalue weighted by atomic mass is 10.0. The molecule has 0 saturated heterocycles. The summed E-state index contributed by atoms with van der Waals surface area (Å²) in [6.07, 6.45) is 3.52. The summed E-state index contributed by atoms with van der Waals surface area (Å²) >= 11 is 0. The van der Waals surface area contributed by atoms with Gasteiger partial charge in [0.1, 0.15) is 11.4 Å². The molecule has 6 nitrogen and oxygen atoms in total. The van der Waals surface area contributed by atoms with Crippen molar-refractivity contribution in [3.05, 3.63) is 0 Å². The topological polar surface area (TPSA) is 74.2 Å². The normalized spacial score (nSPS) is 21.9. The molecule has 1 fully saturated rings. The first kappa shape index (κ1) is 16.1. The Balaban J connectivity index is 1.83. The number of aliphatic hydroxyl groups is 1. The molecule has 1 aliphatic heterocycles. The summed E-state index contributed by atoms with van der Waals surface area (Å²) < 4.78 is 5.38. The van der Waals surface area contributed by atoms with Crippen molar-refractivity contribution in [3.63, 3.8) is 0 Å². The van der Waals surface area contributed by atoms with Crippen molar-refractivity contribution >= 4 is 11.9 Å². The molecule has 0 bridgehead atoms. The van der Waals surface area contributed by atoms with E-state index in [1.807, 2.05) is 20.8 Å².